The SMILES string of the molecule is CCO[S@@](=O)CC(C)C. The summed E-state index contributed by atoms with van der Waals surface area (Å²) in [4.78, 5) is 0. The maximum atomic E-state index is 10.7. The predicted octanol–water partition coefficient (Wildman–Crippen LogP) is 1.34. The number of rotatable bonds is 4. The van der Waals surface area contributed by atoms with Crippen LogP contribution in [0, 0.1) is 5.92 Å². The molecule has 0 saturated carbocycles. The van der Waals surface area contributed by atoms with Gasteiger partial charge in [0.25, 0.3) is 0 Å². The van der Waals surface area contributed by atoms with Gasteiger partial charge in [-0.25, -0.2) is 4.21 Å². The van der Waals surface area contributed by atoms with Gasteiger partial charge in [-0.3, -0.25) is 4.18 Å². The van der Waals surface area contributed by atoms with Gasteiger partial charge in [0, 0.05) is 0 Å². The highest BCUT2D eigenvalue weighted by Gasteiger charge is 2.00. The van der Waals surface area contributed by atoms with E-state index in [-0.39, 0.29) is 0 Å². The molecule has 0 bridgehead atoms. The maximum absolute atomic E-state index is 10.7. The van der Waals surface area contributed by atoms with E-state index < -0.39 is 11.1 Å². The summed E-state index contributed by atoms with van der Waals surface area (Å²) in [5.41, 5.74) is 0. The Hall–Kier alpha value is 0.110. The lowest BCUT2D eigenvalue weighted by atomic mass is 10.3. The molecular formula is C6H14O2S. The van der Waals surface area contributed by atoms with E-state index in [4.69, 9.17) is 4.18 Å². The van der Waals surface area contributed by atoms with Crippen molar-refractivity contribution in [2.45, 2.75) is 20.8 Å². The van der Waals surface area contributed by atoms with E-state index in [1.807, 2.05) is 20.8 Å². The fraction of sp³-hybridized carbons (Fsp3) is 1.00. The van der Waals surface area contributed by atoms with Gasteiger partial charge in [0.2, 0.25) is 0 Å². The fourth-order valence-corrected chi connectivity index (χ4v) is 1.36. The zero-order valence-electron chi connectivity index (χ0n) is 6.22. The lowest BCUT2D eigenvalue weighted by molar-refractivity contribution is 0.369. The van der Waals surface area contributed by atoms with Crippen LogP contribution in [0.4, 0.5) is 0 Å². The van der Waals surface area contributed by atoms with Crippen LogP contribution in [0.2, 0.25) is 0 Å². The summed E-state index contributed by atoms with van der Waals surface area (Å²) >= 11 is -1.05. The van der Waals surface area contributed by atoms with Crippen LogP contribution in [0.15, 0.2) is 0 Å². The minimum Gasteiger partial charge on any atom is -0.291 e. The van der Waals surface area contributed by atoms with E-state index in [1.54, 1.807) is 0 Å². The lowest BCUT2D eigenvalue weighted by Crippen LogP contribution is -2.06. The smallest absolute Gasteiger partial charge is 0.155 e. The fourth-order valence-electron chi connectivity index (χ4n) is 0.452. The first-order valence-corrected chi connectivity index (χ1v) is 4.42. The molecule has 0 aliphatic carbocycles. The predicted molar refractivity (Wildman–Crippen MR) is 39.5 cm³/mol. The van der Waals surface area contributed by atoms with Crippen LogP contribution in [0.1, 0.15) is 20.8 Å². The molecule has 0 amide bonds. The van der Waals surface area contributed by atoms with Crippen LogP contribution >= 0.6 is 0 Å². The average molecular weight is 150 g/mol. The van der Waals surface area contributed by atoms with Gasteiger partial charge in [-0.1, -0.05) is 13.8 Å². The third-order valence-corrected chi connectivity index (χ3v) is 2.16. The van der Waals surface area contributed by atoms with Crippen molar-refractivity contribution in [2.24, 2.45) is 5.92 Å². The first-order chi connectivity index (χ1) is 4.16. The molecule has 2 nitrogen and oxygen atoms in total. The first-order valence-electron chi connectivity index (χ1n) is 3.18. The molecule has 56 valence electrons. The van der Waals surface area contributed by atoms with E-state index >= 15 is 0 Å². The Bertz CT molecular complexity index is 91.1. The number of hydrogen-bond donors (Lipinski definition) is 0. The molecule has 0 unspecified atom stereocenters. The van der Waals surface area contributed by atoms with Crippen LogP contribution in [0.25, 0.3) is 0 Å². The average Bonchev–Trinajstić information content (AvgIpc) is 1.63. The van der Waals surface area contributed by atoms with Crippen molar-refractivity contribution in [1.29, 1.82) is 0 Å². The molecule has 1 atom stereocenters. The molecule has 0 radical (unpaired) electrons. The van der Waals surface area contributed by atoms with Crippen molar-refractivity contribution in [3.63, 3.8) is 0 Å². The maximum Gasteiger partial charge on any atom is 0.155 e. The summed E-state index contributed by atoms with van der Waals surface area (Å²) in [7, 11) is 0. The molecule has 0 rings (SSSR count). The summed E-state index contributed by atoms with van der Waals surface area (Å²) in [5, 5.41) is 0. The molecule has 0 aliphatic rings. The van der Waals surface area contributed by atoms with Crippen molar-refractivity contribution in [3.05, 3.63) is 0 Å². The Morgan fingerprint density at radius 2 is 2.11 bits per heavy atom. The lowest BCUT2D eigenvalue weighted by Gasteiger charge is -2.02. The zero-order chi connectivity index (χ0) is 7.28. The Labute approximate surface area is 59.3 Å². The molecule has 9 heavy (non-hydrogen) atoms. The molecule has 0 aromatic heterocycles. The highest BCUT2D eigenvalue weighted by Crippen LogP contribution is 1.96. The van der Waals surface area contributed by atoms with Gasteiger partial charge in [-0.2, -0.15) is 0 Å². The second kappa shape index (κ2) is 4.94. The van der Waals surface area contributed by atoms with Crippen LogP contribution < -0.4 is 0 Å². The van der Waals surface area contributed by atoms with E-state index in [0.717, 1.165) is 0 Å². The Morgan fingerprint density at radius 1 is 1.56 bits per heavy atom. The molecule has 0 heterocycles. The minimum absolute atomic E-state index is 0.456. The van der Waals surface area contributed by atoms with Crippen LogP contribution in [-0.4, -0.2) is 16.6 Å². The van der Waals surface area contributed by atoms with Crippen molar-refractivity contribution < 1.29 is 8.39 Å². The summed E-state index contributed by atoms with van der Waals surface area (Å²) in [6, 6.07) is 0. The highest BCUT2D eigenvalue weighted by atomic mass is 32.2. The molecule has 0 aromatic carbocycles. The largest absolute Gasteiger partial charge is 0.291 e. The molecule has 0 saturated heterocycles. The van der Waals surface area contributed by atoms with Crippen LogP contribution in [0.5, 0.6) is 0 Å². The summed E-state index contributed by atoms with van der Waals surface area (Å²) < 4.78 is 15.6. The summed E-state index contributed by atoms with van der Waals surface area (Å²) in [5.74, 6) is 1.10. The van der Waals surface area contributed by atoms with Gasteiger partial charge >= 0.3 is 0 Å². The van der Waals surface area contributed by atoms with Crippen molar-refractivity contribution in [1.82, 2.24) is 0 Å². The van der Waals surface area contributed by atoms with Gasteiger partial charge in [0.15, 0.2) is 11.1 Å². The third-order valence-electron chi connectivity index (χ3n) is 0.719. The van der Waals surface area contributed by atoms with E-state index in [2.05, 4.69) is 0 Å². The second-order valence-electron chi connectivity index (χ2n) is 2.27. The Morgan fingerprint density at radius 3 is 2.44 bits per heavy atom. The van der Waals surface area contributed by atoms with E-state index in [9.17, 15) is 4.21 Å². The zero-order valence-corrected chi connectivity index (χ0v) is 7.03. The normalized spacial score (nSPS) is 14.2. The van der Waals surface area contributed by atoms with E-state index in [0.29, 0.717) is 18.3 Å². The van der Waals surface area contributed by atoms with Gasteiger partial charge in [0.05, 0.1) is 12.4 Å². The Balaban J connectivity index is 3.27. The quantitative estimate of drug-likeness (QED) is 0.604. The molecule has 0 fully saturated rings. The topological polar surface area (TPSA) is 26.3 Å². The van der Waals surface area contributed by atoms with Crippen molar-refractivity contribution >= 4 is 11.1 Å². The number of hydrogen-bond acceptors (Lipinski definition) is 2. The summed E-state index contributed by atoms with van der Waals surface area (Å²) in [6.07, 6.45) is 0. The second-order valence-corrected chi connectivity index (χ2v) is 3.45. The van der Waals surface area contributed by atoms with Gasteiger partial charge in [0.1, 0.15) is 0 Å². The molecule has 3 heteroatoms. The minimum atomic E-state index is -1.05. The molecule has 0 N–H and O–H groups in total. The van der Waals surface area contributed by atoms with Crippen molar-refractivity contribution in [3.8, 4) is 0 Å². The van der Waals surface area contributed by atoms with E-state index in [1.165, 1.54) is 0 Å². The molecule has 0 spiro atoms. The molecule has 0 aromatic rings. The van der Waals surface area contributed by atoms with Gasteiger partial charge in [-0.15, -0.1) is 0 Å². The van der Waals surface area contributed by atoms with Crippen LogP contribution in [0.3, 0.4) is 0 Å². The monoisotopic (exact) mass is 150 g/mol. The molecule has 0 aliphatic heterocycles. The van der Waals surface area contributed by atoms with Crippen molar-refractivity contribution in [2.75, 3.05) is 12.4 Å². The van der Waals surface area contributed by atoms with Gasteiger partial charge in [-0.05, 0) is 12.8 Å². The first kappa shape index (κ1) is 9.11. The van der Waals surface area contributed by atoms with Gasteiger partial charge < -0.3 is 0 Å². The summed E-state index contributed by atoms with van der Waals surface area (Å²) in [6.45, 7) is 6.44. The standard InChI is InChI=1S/C6H14O2S/c1-4-8-9(7)5-6(2)3/h6H,4-5H2,1-3H3/t9-/m1/s1. The Kier molecular flexibility index (Phi) is 5.00. The highest BCUT2D eigenvalue weighted by molar-refractivity contribution is 7.80. The molecular weight excluding hydrogens is 136 g/mol. The third kappa shape index (κ3) is 5.99. The van der Waals surface area contributed by atoms with Crippen LogP contribution in [-0.2, 0) is 15.3 Å².